The fraction of sp³-hybridized carbons (Fsp3) is 0.765. The highest BCUT2D eigenvalue weighted by Gasteiger charge is 2.30. The third kappa shape index (κ3) is 6.03. The zero-order chi connectivity index (χ0) is 18.4. The second kappa shape index (κ2) is 10.8. The second-order valence-corrected chi connectivity index (χ2v) is 6.53. The van der Waals surface area contributed by atoms with E-state index in [0.29, 0.717) is 44.4 Å². The number of amides is 1. The molecule has 27 heavy (non-hydrogen) atoms. The molecular weight excluding hydrogens is 463 g/mol. The second-order valence-electron chi connectivity index (χ2n) is 6.53. The predicted octanol–water partition coefficient (Wildman–Crippen LogP) is 0.827. The average Bonchev–Trinajstić information content (AvgIpc) is 3.32. The van der Waals surface area contributed by atoms with Crippen LogP contribution in [-0.2, 0) is 16.0 Å². The van der Waals surface area contributed by atoms with Crippen molar-refractivity contribution in [3.63, 3.8) is 0 Å². The Morgan fingerprint density at radius 3 is 2.63 bits per heavy atom. The lowest BCUT2D eigenvalue weighted by atomic mass is 10.2. The largest absolute Gasteiger partial charge is 0.368 e. The van der Waals surface area contributed by atoms with Crippen molar-refractivity contribution in [2.75, 3.05) is 45.9 Å². The Morgan fingerprint density at radius 2 is 2.04 bits per heavy atom. The maximum atomic E-state index is 12.4. The van der Waals surface area contributed by atoms with Crippen LogP contribution in [-0.4, -0.2) is 83.8 Å². The van der Waals surface area contributed by atoms with E-state index in [1.807, 2.05) is 11.8 Å². The van der Waals surface area contributed by atoms with Gasteiger partial charge < -0.3 is 24.4 Å². The van der Waals surface area contributed by atoms with Gasteiger partial charge in [0.2, 0.25) is 5.89 Å². The van der Waals surface area contributed by atoms with Crippen molar-refractivity contribution in [2.24, 2.45) is 4.99 Å². The van der Waals surface area contributed by atoms with Gasteiger partial charge in [0.15, 0.2) is 11.8 Å². The third-order valence-electron chi connectivity index (χ3n) is 4.59. The lowest BCUT2D eigenvalue weighted by Gasteiger charge is -2.37. The number of carbonyl (C=O) groups excluding carboxylic acids is 1. The fourth-order valence-corrected chi connectivity index (χ4v) is 3.24. The van der Waals surface area contributed by atoms with Gasteiger partial charge in [-0.25, -0.2) is 0 Å². The quantitative estimate of drug-likeness (QED) is 0.370. The summed E-state index contributed by atoms with van der Waals surface area (Å²) in [5, 5.41) is 7.11. The summed E-state index contributed by atoms with van der Waals surface area (Å²) >= 11 is 0. The maximum Gasteiger partial charge on any atom is 0.251 e. The van der Waals surface area contributed by atoms with Crippen LogP contribution in [0, 0.1) is 6.92 Å². The van der Waals surface area contributed by atoms with Crippen LogP contribution >= 0.6 is 24.0 Å². The first kappa shape index (κ1) is 21.9. The highest BCUT2D eigenvalue weighted by Crippen LogP contribution is 2.16. The van der Waals surface area contributed by atoms with Crippen molar-refractivity contribution in [3.05, 3.63) is 11.7 Å². The Bertz CT molecular complexity index is 624. The van der Waals surface area contributed by atoms with E-state index >= 15 is 0 Å². The monoisotopic (exact) mass is 492 g/mol. The minimum absolute atomic E-state index is 0. The molecule has 2 aliphatic rings. The van der Waals surface area contributed by atoms with Crippen LogP contribution in [0.15, 0.2) is 9.52 Å². The number of aryl methyl sites for hydroxylation is 1. The van der Waals surface area contributed by atoms with Gasteiger partial charge in [-0.1, -0.05) is 5.16 Å². The first-order valence-electron chi connectivity index (χ1n) is 9.40. The lowest BCUT2D eigenvalue weighted by molar-refractivity contribution is -0.142. The van der Waals surface area contributed by atoms with Crippen LogP contribution in [0.4, 0.5) is 0 Å². The Balaban J connectivity index is 0.00000261. The Kier molecular flexibility index (Phi) is 8.74. The molecule has 2 fully saturated rings. The van der Waals surface area contributed by atoms with Crippen molar-refractivity contribution >= 4 is 35.8 Å². The molecule has 9 nitrogen and oxygen atoms in total. The van der Waals surface area contributed by atoms with Gasteiger partial charge in [-0.2, -0.15) is 4.98 Å². The molecule has 1 amide bonds. The lowest BCUT2D eigenvalue weighted by Crippen LogP contribution is -2.55. The number of nitrogens with one attached hydrogen (secondary N) is 1. The zero-order valence-electron chi connectivity index (χ0n) is 16.0. The number of aliphatic imine (C=N–C) groups is 1. The fourth-order valence-electron chi connectivity index (χ4n) is 3.24. The molecule has 0 saturated carbocycles. The molecule has 0 aromatic carbocycles. The minimum Gasteiger partial charge on any atom is -0.368 e. The topological polar surface area (TPSA) is 96.1 Å². The van der Waals surface area contributed by atoms with E-state index in [2.05, 4.69) is 25.3 Å². The van der Waals surface area contributed by atoms with Crippen LogP contribution in [0.5, 0.6) is 0 Å². The zero-order valence-corrected chi connectivity index (χ0v) is 18.3. The number of hydrogen-bond donors (Lipinski definition) is 1. The molecular formula is C17H29IN6O3. The first-order valence-corrected chi connectivity index (χ1v) is 9.40. The van der Waals surface area contributed by atoms with E-state index in [-0.39, 0.29) is 36.0 Å². The molecule has 0 radical (unpaired) electrons. The van der Waals surface area contributed by atoms with Crippen molar-refractivity contribution in [1.29, 1.82) is 0 Å². The normalized spacial score (nSPS) is 20.5. The molecule has 0 spiro atoms. The van der Waals surface area contributed by atoms with Crippen LogP contribution in [0.25, 0.3) is 0 Å². The van der Waals surface area contributed by atoms with Crippen LogP contribution < -0.4 is 5.32 Å². The van der Waals surface area contributed by atoms with Crippen LogP contribution in [0.1, 0.15) is 31.5 Å². The van der Waals surface area contributed by atoms with Gasteiger partial charge in [0.1, 0.15) is 6.10 Å². The Labute approximate surface area is 176 Å². The van der Waals surface area contributed by atoms with Gasteiger partial charge in [-0.05, 0) is 26.7 Å². The summed E-state index contributed by atoms with van der Waals surface area (Å²) in [5.74, 6) is 2.25. The van der Waals surface area contributed by atoms with Gasteiger partial charge in [0, 0.05) is 45.8 Å². The molecule has 1 aromatic heterocycles. The van der Waals surface area contributed by atoms with Gasteiger partial charge in [-0.3, -0.25) is 9.79 Å². The molecule has 3 rings (SSSR count). The molecule has 1 aromatic rings. The number of guanidine groups is 1. The number of ether oxygens (including phenoxy) is 1. The Morgan fingerprint density at radius 1 is 1.30 bits per heavy atom. The summed E-state index contributed by atoms with van der Waals surface area (Å²) in [7, 11) is 0. The highest BCUT2D eigenvalue weighted by molar-refractivity contribution is 14.0. The van der Waals surface area contributed by atoms with Gasteiger partial charge in [0.25, 0.3) is 5.91 Å². The first-order chi connectivity index (χ1) is 12.7. The third-order valence-corrected chi connectivity index (χ3v) is 4.59. The molecule has 10 heteroatoms. The summed E-state index contributed by atoms with van der Waals surface area (Å²) in [6, 6.07) is 0. The SMILES string of the molecule is CCNC(=NCCc1nc(C)no1)N1CCN(C(=O)C2CCCO2)CC1.I. The molecule has 2 aliphatic heterocycles. The van der Waals surface area contributed by atoms with Crippen molar-refractivity contribution in [3.8, 4) is 0 Å². The number of nitrogens with zero attached hydrogens (tertiary/aromatic N) is 5. The minimum atomic E-state index is -0.235. The average molecular weight is 492 g/mol. The molecule has 152 valence electrons. The molecule has 3 heterocycles. The van der Waals surface area contributed by atoms with Crippen molar-refractivity contribution in [1.82, 2.24) is 25.3 Å². The molecule has 0 aliphatic carbocycles. The van der Waals surface area contributed by atoms with E-state index in [0.717, 1.165) is 38.4 Å². The summed E-state index contributed by atoms with van der Waals surface area (Å²) in [4.78, 5) is 25.4. The summed E-state index contributed by atoms with van der Waals surface area (Å²) in [6.45, 7) is 8.87. The van der Waals surface area contributed by atoms with Gasteiger partial charge in [0.05, 0.1) is 6.54 Å². The summed E-state index contributed by atoms with van der Waals surface area (Å²) in [6.07, 6.45) is 2.21. The number of rotatable bonds is 5. The highest BCUT2D eigenvalue weighted by atomic mass is 127. The number of hydrogen-bond acceptors (Lipinski definition) is 6. The van der Waals surface area contributed by atoms with Gasteiger partial charge in [-0.15, -0.1) is 24.0 Å². The predicted molar refractivity (Wildman–Crippen MR) is 111 cm³/mol. The molecule has 1 N–H and O–H groups in total. The van der Waals surface area contributed by atoms with Crippen molar-refractivity contribution in [2.45, 2.75) is 39.2 Å². The van der Waals surface area contributed by atoms with E-state index < -0.39 is 0 Å². The number of aromatic nitrogens is 2. The van der Waals surface area contributed by atoms with Crippen molar-refractivity contribution < 1.29 is 14.1 Å². The van der Waals surface area contributed by atoms with Gasteiger partial charge >= 0.3 is 0 Å². The summed E-state index contributed by atoms with van der Waals surface area (Å²) in [5.41, 5.74) is 0. The number of halogens is 1. The van der Waals surface area contributed by atoms with E-state index in [9.17, 15) is 4.79 Å². The molecule has 2 saturated heterocycles. The Hall–Kier alpha value is -1.43. The van der Waals surface area contributed by atoms with E-state index in [4.69, 9.17) is 9.26 Å². The number of piperazine rings is 1. The number of carbonyl (C=O) groups is 1. The molecule has 1 unspecified atom stereocenters. The van der Waals surface area contributed by atoms with Crippen LogP contribution in [0.2, 0.25) is 0 Å². The smallest absolute Gasteiger partial charge is 0.251 e. The maximum absolute atomic E-state index is 12.4. The molecule has 1 atom stereocenters. The van der Waals surface area contributed by atoms with Crippen LogP contribution in [0.3, 0.4) is 0 Å². The van der Waals surface area contributed by atoms with E-state index in [1.54, 1.807) is 6.92 Å². The standard InChI is InChI=1S/C17H28N6O3.HI/c1-3-18-17(19-7-6-15-20-13(2)21-26-15)23-10-8-22(9-11-23)16(24)14-5-4-12-25-14;/h14H,3-12H2,1-2H3,(H,18,19);1H. The molecule has 0 bridgehead atoms. The van der Waals surface area contributed by atoms with E-state index in [1.165, 1.54) is 0 Å². The summed E-state index contributed by atoms with van der Waals surface area (Å²) < 4.78 is 10.6.